The number of aliphatic hydroxyl groups is 3. The van der Waals surface area contributed by atoms with Crippen LogP contribution in [0.2, 0.25) is 0 Å². The molecule has 4 rings (SSSR count). The van der Waals surface area contributed by atoms with Crippen molar-refractivity contribution < 1.29 is 67.7 Å². The van der Waals surface area contributed by atoms with Crippen LogP contribution in [0, 0.1) is 29.6 Å². The van der Waals surface area contributed by atoms with Gasteiger partial charge in [0.15, 0.2) is 5.78 Å². The molecule has 15 heteroatoms. The first-order valence-corrected chi connectivity index (χ1v) is 25.1. The topological polar surface area (TPSA) is 205 Å². The molecule has 1 aliphatic carbocycles. The molecule has 3 aliphatic heterocycles. The van der Waals surface area contributed by atoms with E-state index in [9.17, 15) is 39.3 Å². The van der Waals surface area contributed by atoms with Gasteiger partial charge in [0.1, 0.15) is 30.1 Å². The molecule has 0 spiro atoms. The largest absolute Gasteiger partial charge is 0.460 e. The average molecular weight is 958 g/mol. The number of rotatable bonds is 10. The van der Waals surface area contributed by atoms with E-state index in [2.05, 4.69) is 0 Å². The smallest absolute Gasteiger partial charge is 0.329 e. The molecule has 15 nitrogen and oxygen atoms in total. The van der Waals surface area contributed by atoms with Crippen molar-refractivity contribution in [2.45, 2.75) is 186 Å². The molecule has 3 fully saturated rings. The highest BCUT2D eigenvalue weighted by atomic mass is 16.6. The fraction of sp³-hybridized carbons (Fsp3) is 0.755. The number of Topliss-reactive ketones (excluding diaryl/α,β-unsaturated/α-hetero) is 3. The number of aliphatic hydroxyl groups excluding tert-OH is 2. The van der Waals surface area contributed by atoms with Crippen molar-refractivity contribution in [1.82, 2.24) is 4.90 Å². The van der Waals surface area contributed by atoms with Crippen LogP contribution in [0.15, 0.2) is 47.6 Å². The zero-order valence-corrected chi connectivity index (χ0v) is 42.3. The van der Waals surface area contributed by atoms with E-state index in [0.717, 1.165) is 31.3 Å². The van der Waals surface area contributed by atoms with Gasteiger partial charge in [0, 0.05) is 58.5 Å². The van der Waals surface area contributed by atoms with Crippen LogP contribution in [0.5, 0.6) is 0 Å². The van der Waals surface area contributed by atoms with Gasteiger partial charge in [-0.05, 0) is 107 Å². The highest BCUT2D eigenvalue weighted by Gasteiger charge is 2.53. The fourth-order valence-electron chi connectivity index (χ4n) is 10.4. The molecule has 14 atom stereocenters. The Bertz CT molecular complexity index is 1790. The second-order valence-electron chi connectivity index (χ2n) is 20.0. The Morgan fingerprint density at radius 2 is 1.57 bits per heavy atom. The first-order chi connectivity index (χ1) is 32.4. The summed E-state index contributed by atoms with van der Waals surface area (Å²) < 4.78 is 35.3. The molecule has 0 radical (unpaired) electrons. The number of methoxy groups -OCH3 is 3. The van der Waals surface area contributed by atoms with Gasteiger partial charge in [-0.25, -0.2) is 4.79 Å². The maximum absolute atomic E-state index is 14.3. The first kappa shape index (κ1) is 57.2. The standard InChI is InChI=1S/C53H83NO14/c1-33-16-11-10-12-17-34(2)45(63-7)32-41-23-21-38(6)53(62,68-41)50(59)51(60)54-25-14-13-20-42(54)52(61)67-40(19-15-18-39-22-24-44(66-27-26-55)46(30-39)64-8)31-43(56)35(3)29-37(5)48(58)49(65-9)47(57)36(4)28-33/h10-12,16-17,29,33,35-36,38-42,44-46,48-49,55,58,62H,13-15,18-28,30-32H2,1-9H3/t33?,35?,36?,38?,39-,40?,41?,42?,44+,45?,46+,48?,49?,53?/m0/s1. The lowest BCUT2D eigenvalue weighted by Gasteiger charge is -2.42. The number of cyclic esters (lactones) is 1. The van der Waals surface area contributed by atoms with Gasteiger partial charge in [-0.2, -0.15) is 0 Å². The van der Waals surface area contributed by atoms with Crippen molar-refractivity contribution in [3.8, 4) is 0 Å². The Kier molecular flexibility index (Phi) is 23.4. The van der Waals surface area contributed by atoms with E-state index < -0.39 is 77.8 Å². The molecular weight excluding hydrogens is 875 g/mol. The summed E-state index contributed by atoms with van der Waals surface area (Å²) >= 11 is 0. The number of fused-ring (bicyclic) bond motifs is 3. The molecule has 11 unspecified atom stereocenters. The van der Waals surface area contributed by atoms with Crippen molar-refractivity contribution >= 4 is 29.2 Å². The second kappa shape index (κ2) is 27.8. The van der Waals surface area contributed by atoms with Gasteiger partial charge < -0.3 is 48.6 Å². The summed E-state index contributed by atoms with van der Waals surface area (Å²) in [7, 11) is 4.61. The number of hydrogen-bond donors (Lipinski definition) is 3. The van der Waals surface area contributed by atoms with Gasteiger partial charge in [-0.15, -0.1) is 0 Å². The summed E-state index contributed by atoms with van der Waals surface area (Å²) in [5, 5.41) is 32.7. The molecule has 0 aromatic rings. The van der Waals surface area contributed by atoms with Gasteiger partial charge in [-0.1, -0.05) is 70.6 Å². The minimum Gasteiger partial charge on any atom is -0.460 e. The number of hydrogen-bond acceptors (Lipinski definition) is 14. The predicted molar refractivity (Wildman–Crippen MR) is 256 cm³/mol. The van der Waals surface area contributed by atoms with Crippen LogP contribution in [0.4, 0.5) is 0 Å². The molecule has 0 aromatic carbocycles. The summed E-state index contributed by atoms with van der Waals surface area (Å²) in [6.45, 7) is 11.0. The molecule has 1 saturated carbocycles. The molecule has 3 N–H and O–H groups in total. The van der Waals surface area contributed by atoms with Crippen LogP contribution in [0.25, 0.3) is 0 Å². The lowest BCUT2D eigenvalue weighted by atomic mass is 9.82. The number of carbonyl (C=O) groups excluding carboxylic acids is 5. The van der Waals surface area contributed by atoms with Gasteiger partial charge in [0.05, 0.1) is 37.6 Å². The minimum absolute atomic E-state index is 0.0200. The van der Waals surface area contributed by atoms with Crippen molar-refractivity contribution in [3.63, 3.8) is 0 Å². The third-order valence-electron chi connectivity index (χ3n) is 14.7. The SMILES string of the molecule is COC1CC2CCC(C)C(O)(O2)C(=O)C(=O)N2CCCCC2C(=O)OC(CCC[C@H]2CC[C@@H](OCCO)[C@H](OC)C2)CC(=O)C(C)C=C(C)C(O)C(OC)C(=O)C(C)CC(C)C=CC=CC=C1C. The van der Waals surface area contributed by atoms with Crippen LogP contribution >= 0.6 is 0 Å². The van der Waals surface area contributed by atoms with E-state index in [-0.39, 0.29) is 68.2 Å². The maximum Gasteiger partial charge on any atom is 0.329 e. The maximum atomic E-state index is 14.3. The summed E-state index contributed by atoms with van der Waals surface area (Å²) in [6.07, 6.45) is 13.7. The van der Waals surface area contributed by atoms with E-state index in [1.807, 2.05) is 51.2 Å². The molecule has 384 valence electrons. The lowest BCUT2D eigenvalue weighted by molar-refractivity contribution is -0.265. The Morgan fingerprint density at radius 3 is 2.26 bits per heavy atom. The van der Waals surface area contributed by atoms with Crippen LogP contribution in [0.3, 0.4) is 0 Å². The molecule has 68 heavy (non-hydrogen) atoms. The summed E-state index contributed by atoms with van der Waals surface area (Å²) in [5.41, 5.74) is 1.27. The van der Waals surface area contributed by atoms with E-state index in [1.165, 1.54) is 12.0 Å². The monoisotopic (exact) mass is 958 g/mol. The summed E-state index contributed by atoms with van der Waals surface area (Å²) in [4.78, 5) is 71.7. The van der Waals surface area contributed by atoms with E-state index >= 15 is 0 Å². The summed E-state index contributed by atoms with van der Waals surface area (Å²) in [6, 6.07) is -1.12. The van der Waals surface area contributed by atoms with Gasteiger partial charge >= 0.3 is 5.97 Å². The number of esters is 1. The Morgan fingerprint density at radius 1 is 0.824 bits per heavy atom. The van der Waals surface area contributed by atoms with Crippen LogP contribution < -0.4 is 0 Å². The van der Waals surface area contributed by atoms with Crippen molar-refractivity contribution in [1.29, 1.82) is 0 Å². The second-order valence-corrected chi connectivity index (χ2v) is 20.0. The zero-order valence-electron chi connectivity index (χ0n) is 42.3. The number of ketones is 3. The van der Waals surface area contributed by atoms with E-state index in [1.54, 1.807) is 41.1 Å². The van der Waals surface area contributed by atoms with E-state index in [0.29, 0.717) is 56.9 Å². The van der Waals surface area contributed by atoms with Gasteiger partial charge in [0.2, 0.25) is 5.79 Å². The number of carbonyl (C=O) groups is 5. The van der Waals surface area contributed by atoms with Crippen molar-refractivity contribution in [2.75, 3.05) is 41.1 Å². The third kappa shape index (κ3) is 15.8. The quantitative estimate of drug-likeness (QED) is 0.124. The molecule has 3 heterocycles. The Balaban J connectivity index is 1.65. The number of nitrogens with zero attached hydrogens (tertiary/aromatic N) is 1. The van der Waals surface area contributed by atoms with Crippen LogP contribution in [-0.4, -0.2) is 145 Å². The number of amides is 1. The highest BCUT2D eigenvalue weighted by molar-refractivity contribution is 6.39. The summed E-state index contributed by atoms with van der Waals surface area (Å²) in [5.74, 6) is -7.38. The normalized spacial score (nSPS) is 36.2. The van der Waals surface area contributed by atoms with Gasteiger partial charge in [0.25, 0.3) is 11.7 Å². The van der Waals surface area contributed by atoms with Crippen molar-refractivity contribution in [3.05, 3.63) is 47.6 Å². The first-order valence-electron chi connectivity index (χ1n) is 25.1. The van der Waals surface area contributed by atoms with Crippen molar-refractivity contribution in [2.24, 2.45) is 29.6 Å². The minimum atomic E-state index is -2.42. The lowest BCUT2D eigenvalue weighted by Crippen LogP contribution is -2.60. The average Bonchev–Trinajstić information content (AvgIpc) is 3.32. The third-order valence-corrected chi connectivity index (χ3v) is 14.7. The molecule has 4 aliphatic rings. The zero-order chi connectivity index (χ0) is 50.1. The molecule has 2 saturated heterocycles. The van der Waals surface area contributed by atoms with E-state index in [4.69, 9.17) is 28.4 Å². The number of ether oxygens (including phenoxy) is 6. The fourth-order valence-corrected chi connectivity index (χ4v) is 10.4. The molecule has 2 bridgehead atoms. The molecule has 1 amide bonds. The number of allylic oxidation sites excluding steroid dienone is 6. The Labute approximate surface area is 405 Å². The predicted octanol–water partition coefficient (Wildman–Crippen LogP) is 6.34. The highest BCUT2D eigenvalue weighted by Crippen LogP contribution is 2.37. The van der Waals surface area contributed by atoms with Gasteiger partial charge in [-0.3, -0.25) is 19.2 Å². The Hall–Kier alpha value is -3.41. The number of piperidine rings is 1. The van der Waals surface area contributed by atoms with Crippen LogP contribution in [0.1, 0.15) is 131 Å². The van der Waals surface area contributed by atoms with Crippen LogP contribution in [-0.2, 0) is 52.4 Å². The molecule has 0 aromatic heterocycles. The molecular formula is C53H83NO14.